The number of aliphatic imine (C=N–C) groups is 1. The Kier molecular flexibility index (Phi) is 4.30. The van der Waals surface area contributed by atoms with Crippen LogP contribution in [-0.4, -0.2) is 37.5 Å². The molecule has 1 aliphatic rings. The number of rotatable bonds is 2. The van der Waals surface area contributed by atoms with Crippen molar-refractivity contribution in [2.24, 2.45) is 4.99 Å². The predicted octanol–water partition coefficient (Wildman–Crippen LogP) is 4.07. The number of nitrogens with zero attached hydrogens (tertiary/aromatic N) is 2. The summed E-state index contributed by atoms with van der Waals surface area (Å²) < 4.78 is 0. The largest absolute Gasteiger partial charge is 0.383 e. The SMILES string of the molecule is CN(C)C=C1CN=Cc2cc(-c3ccc(Cl)cc3)ccc2C1=O. The Bertz CT molecular complexity index is 805. The van der Waals surface area contributed by atoms with Crippen LogP contribution >= 0.6 is 11.6 Å². The highest BCUT2D eigenvalue weighted by molar-refractivity contribution is 6.30. The summed E-state index contributed by atoms with van der Waals surface area (Å²) in [5.41, 5.74) is 4.34. The molecule has 3 nitrogen and oxygen atoms in total. The smallest absolute Gasteiger partial charge is 0.192 e. The van der Waals surface area contributed by atoms with Crippen LogP contribution in [0, 0.1) is 0 Å². The lowest BCUT2D eigenvalue weighted by Crippen LogP contribution is -2.11. The van der Waals surface area contributed by atoms with E-state index in [2.05, 4.69) is 4.99 Å². The van der Waals surface area contributed by atoms with Gasteiger partial charge < -0.3 is 4.90 Å². The first-order valence-corrected chi connectivity index (χ1v) is 7.74. The number of ketones is 1. The van der Waals surface area contributed by atoms with Crippen molar-refractivity contribution in [1.82, 2.24) is 4.90 Å². The summed E-state index contributed by atoms with van der Waals surface area (Å²) in [5, 5.41) is 0.707. The minimum atomic E-state index is 0.0360. The molecule has 0 spiro atoms. The average molecular weight is 325 g/mol. The third kappa shape index (κ3) is 3.35. The maximum atomic E-state index is 12.7. The van der Waals surface area contributed by atoms with E-state index in [0.717, 1.165) is 16.7 Å². The van der Waals surface area contributed by atoms with E-state index in [1.165, 1.54) is 0 Å². The van der Waals surface area contributed by atoms with Crippen LogP contribution in [0.3, 0.4) is 0 Å². The zero-order valence-corrected chi connectivity index (χ0v) is 13.8. The molecule has 0 fully saturated rings. The Hall–Kier alpha value is -2.39. The van der Waals surface area contributed by atoms with Gasteiger partial charge in [-0.3, -0.25) is 9.79 Å². The fourth-order valence-corrected chi connectivity index (χ4v) is 2.72. The fourth-order valence-electron chi connectivity index (χ4n) is 2.60. The monoisotopic (exact) mass is 324 g/mol. The van der Waals surface area contributed by atoms with Crippen LogP contribution in [0.1, 0.15) is 15.9 Å². The summed E-state index contributed by atoms with van der Waals surface area (Å²) in [6, 6.07) is 13.5. The fraction of sp³-hybridized carbons (Fsp3) is 0.158. The van der Waals surface area contributed by atoms with Crippen LogP contribution in [0.15, 0.2) is 59.2 Å². The minimum Gasteiger partial charge on any atom is -0.383 e. The number of fused-ring (bicyclic) bond motifs is 1. The zero-order valence-electron chi connectivity index (χ0n) is 13.1. The lowest BCUT2D eigenvalue weighted by Gasteiger charge is -2.10. The third-order valence-corrected chi connectivity index (χ3v) is 3.92. The molecule has 0 atom stereocenters. The summed E-state index contributed by atoms with van der Waals surface area (Å²) >= 11 is 5.94. The maximum absolute atomic E-state index is 12.7. The van der Waals surface area contributed by atoms with Crippen LogP contribution in [0.4, 0.5) is 0 Å². The van der Waals surface area contributed by atoms with Gasteiger partial charge in [-0.1, -0.05) is 29.8 Å². The molecule has 0 saturated carbocycles. The molecule has 0 aliphatic carbocycles. The molecule has 4 heteroatoms. The van der Waals surface area contributed by atoms with Gasteiger partial charge in [-0.05, 0) is 35.4 Å². The number of hydrogen-bond acceptors (Lipinski definition) is 3. The molecule has 0 radical (unpaired) electrons. The topological polar surface area (TPSA) is 32.7 Å². The van der Waals surface area contributed by atoms with Crippen molar-refractivity contribution in [3.8, 4) is 11.1 Å². The van der Waals surface area contributed by atoms with Crippen molar-refractivity contribution in [3.05, 3.63) is 70.4 Å². The van der Waals surface area contributed by atoms with Gasteiger partial charge in [0.25, 0.3) is 0 Å². The quantitative estimate of drug-likeness (QED) is 0.780. The van der Waals surface area contributed by atoms with Gasteiger partial charge in [0.15, 0.2) is 5.78 Å². The molecule has 0 N–H and O–H groups in total. The highest BCUT2D eigenvalue weighted by atomic mass is 35.5. The molecule has 1 aliphatic heterocycles. The van der Waals surface area contributed by atoms with Gasteiger partial charge in [-0.2, -0.15) is 0 Å². The molecule has 1 heterocycles. The molecular weight excluding hydrogens is 308 g/mol. The highest BCUT2D eigenvalue weighted by Gasteiger charge is 2.18. The molecule has 2 aromatic rings. The minimum absolute atomic E-state index is 0.0360. The summed E-state index contributed by atoms with van der Waals surface area (Å²) in [5.74, 6) is 0.0360. The Labute approximate surface area is 140 Å². The van der Waals surface area contributed by atoms with Crippen LogP contribution in [0.2, 0.25) is 5.02 Å². The lowest BCUT2D eigenvalue weighted by molar-refractivity contribution is 0.103. The molecule has 0 aromatic heterocycles. The Morgan fingerprint density at radius 3 is 2.48 bits per heavy atom. The van der Waals surface area contributed by atoms with Crippen molar-refractivity contribution in [1.29, 1.82) is 0 Å². The molecule has 23 heavy (non-hydrogen) atoms. The molecule has 2 aromatic carbocycles. The molecule has 0 unspecified atom stereocenters. The van der Waals surface area contributed by atoms with E-state index >= 15 is 0 Å². The van der Waals surface area contributed by atoms with E-state index in [0.29, 0.717) is 22.7 Å². The van der Waals surface area contributed by atoms with E-state index in [-0.39, 0.29) is 5.78 Å². The van der Waals surface area contributed by atoms with Gasteiger partial charge in [0, 0.05) is 48.2 Å². The lowest BCUT2D eigenvalue weighted by atomic mass is 9.95. The summed E-state index contributed by atoms with van der Waals surface area (Å²) in [7, 11) is 3.80. The molecule has 0 bridgehead atoms. The first-order valence-electron chi connectivity index (χ1n) is 7.36. The Morgan fingerprint density at radius 2 is 1.78 bits per heavy atom. The van der Waals surface area contributed by atoms with E-state index in [9.17, 15) is 4.79 Å². The van der Waals surface area contributed by atoms with E-state index in [1.54, 1.807) is 6.21 Å². The van der Waals surface area contributed by atoms with Crippen molar-refractivity contribution >= 4 is 23.6 Å². The molecule has 3 rings (SSSR count). The number of carbonyl (C=O) groups is 1. The number of hydrogen-bond donors (Lipinski definition) is 0. The molecule has 0 saturated heterocycles. The van der Waals surface area contributed by atoms with Gasteiger partial charge in [-0.25, -0.2) is 0 Å². The second-order valence-electron chi connectivity index (χ2n) is 5.73. The summed E-state index contributed by atoms with van der Waals surface area (Å²) in [6.07, 6.45) is 3.62. The molecule has 116 valence electrons. The van der Waals surface area contributed by atoms with E-state index < -0.39 is 0 Å². The average Bonchev–Trinajstić information content (AvgIpc) is 2.67. The summed E-state index contributed by atoms with van der Waals surface area (Å²) in [6.45, 7) is 0.405. The van der Waals surface area contributed by atoms with Gasteiger partial charge in [-0.15, -0.1) is 0 Å². The summed E-state index contributed by atoms with van der Waals surface area (Å²) in [4.78, 5) is 18.9. The van der Waals surface area contributed by atoms with Crippen molar-refractivity contribution < 1.29 is 4.79 Å². The number of benzene rings is 2. The second kappa shape index (κ2) is 6.39. The van der Waals surface area contributed by atoms with Gasteiger partial charge in [0.2, 0.25) is 0 Å². The van der Waals surface area contributed by atoms with Crippen molar-refractivity contribution in [3.63, 3.8) is 0 Å². The van der Waals surface area contributed by atoms with Crippen molar-refractivity contribution in [2.75, 3.05) is 20.6 Å². The number of carbonyl (C=O) groups excluding carboxylic acids is 1. The zero-order chi connectivity index (χ0) is 16.4. The van der Waals surface area contributed by atoms with Gasteiger partial charge in [0.1, 0.15) is 0 Å². The maximum Gasteiger partial charge on any atom is 0.192 e. The van der Waals surface area contributed by atoms with Gasteiger partial charge >= 0.3 is 0 Å². The number of Topliss-reactive ketones (excluding diaryl/α,β-unsaturated/α-hetero) is 1. The number of halogens is 1. The second-order valence-corrected chi connectivity index (χ2v) is 6.16. The van der Waals surface area contributed by atoms with Gasteiger partial charge in [0.05, 0.1) is 6.54 Å². The van der Waals surface area contributed by atoms with Crippen LogP contribution in [0.25, 0.3) is 11.1 Å². The van der Waals surface area contributed by atoms with E-state index in [1.807, 2.05) is 67.7 Å². The standard InChI is InChI=1S/C19H17ClN2O/c1-22(2)12-16-11-21-10-15-9-14(5-8-18(15)19(16)23)13-3-6-17(20)7-4-13/h3-10,12H,11H2,1-2H3. The normalized spacial score (nSPS) is 15.4. The third-order valence-electron chi connectivity index (χ3n) is 3.67. The van der Waals surface area contributed by atoms with Crippen LogP contribution in [-0.2, 0) is 0 Å². The predicted molar refractivity (Wildman–Crippen MR) is 95.4 cm³/mol. The Morgan fingerprint density at radius 1 is 1.09 bits per heavy atom. The van der Waals surface area contributed by atoms with E-state index in [4.69, 9.17) is 11.6 Å². The molecular formula is C19H17ClN2O. The Balaban J connectivity index is 2.03. The first kappa shape index (κ1) is 15.5. The first-order chi connectivity index (χ1) is 11.0. The van der Waals surface area contributed by atoms with Crippen LogP contribution in [0.5, 0.6) is 0 Å². The van der Waals surface area contributed by atoms with Crippen LogP contribution < -0.4 is 0 Å². The highest BCUT2D eigenvalue weighted by Crippen LogP contribution is 2.26. The van der Waals surface area contributed by atoms with Crippen molar-refractivity contribution in [2.45, 2.75) is 0 Å². The molecule has 0 amide bonds.